The molecule has 0 radical (unpaired) electrons. The van der Waals surface area contributed by atoms with Gasteiger partial charge < -0.3 is 15.8 Å². The third-order valence-corrected chi connectivity index (χ3v) is 2.87. The summed E-state index contributed by atoms with van der Waals surface area (Å²) in [6.45, 7) is 0.408. The summed E-state index contributed by atoms with van der Waals surface area (Å²) in [6.07, 6.45) is 1.84. The molecule has 100 valence electrons. The van der Waals surface area contributed by atoms with Crippen LogP contribution in [0.4, 0.5) is 0 Å². The molecule has 1 aromatic rings. The van der Waals surface area contributed by atoms with E-state index in [1.54, 1.807) is 24.3 Å². The third kappa shape index (κ3) is 3.48. The Balaban J connectivity index is 2.05. The Morgan fingerprint density at radius 3 is 2.95 bits per heavy atom. The van der Waals surface area contributed by atoms with Gasteiger partial charge in [0.25, 0.3) is 5.91 Å². The van der Waals surface area contributed by atoms with Crippen molar-refractivity contribution in [1.82, 2.24) is 5.32 Å². The summed E-state index contributed by atoms with van der Waals surface area (Å²) in [4.78, 5) is 22.4. The van der Waals surface area contributed by atoms with E-state index in [-0.39, 0.29) is 25.5 Å². The van der Waals surface area contributed by atoms with Gasteiger partial charge in [-0.25, -0.2) is 0 Å². The lowest BCUT2D eigenvalue weighted by molar-refractivity contribution is -0.119. The van der Waals surface area contributed by atoms with Gasteiger partial charge in [0.1, 0.15) is 12.4 Å². The third-order valence-electron chi connectivity index (χ3n) is 2.63. The van der Waals surface area contributed by atoms with Crippen LogP contribution < -0.4 is 15.8 Å². The summed E-state index contributed by atoms with van der Waals surface area (Å²) in [6, 6.07) is 5.22. The van der Waals surface area contributed by atoms with Crippen LogP contribution in [0, 0.1) is 0 Å². The highest BCUT2D eigenvalue weighted by molar-refractivity contribution is 6.30. The Hall–Kier alpha value is -2.01. The average Bonchev–Trinajstić information content (AvgIpc) is 2.37. The predicted octanol–water partition coefficient (Wildman–Crippen LogP) is 1.11. The van der Waals surface area contributed by atoms with Crippen LogP contribution in [0.2, 0.25) is 5.02 Å². The van der Waals surface area contributed by atoms with Crippen molar-refractivity contribution in [2.45, 2.75) is 6.42 Å². The molecule has 0 saturated heterocycles. The maximum atomic E-state index is 11.8. The molecule has 1 heterocycles. The highest BCUT2D eigenvalue weighted by Gasteiger charge is 2.17. The molecule has 1 aromatic carbocycles. The van der Waals surface area contributed by atoms with Gasteiger partial charge in [0.2, 0.25) is 5.91 Å². The van der Waals surface area contributed by atoms with E-state index in [2.05, 4.69) is 5.32 Å². The molecule has 0 atom stereocenters. The first-order chi connectivity index (χ1) is 9.06. The van der Waals surface area contributed by atoms with Crippen molar-refractivity contribution in [3.8, 4) is 5.75 Å². The number of primary amides is 1. The fourth-order valence-corrected chi connectivity index (χ4v) is 1.87. The normalized spacial score (nSPS) is 13.0. The minimum absolute atomic E-state index is 0.113. The Morgan fingerprint density at radius 2 is 2.21 bits per heavy atom. The zero-order valence-electron chi connectivity index (χ0n) is 10.1. The standard InChI is InChI=1S/C13H13ClN2O3/c14-10-1-2-11-8(6-10)5-9(7-19-11)13(18)16-4-3-12(15)17/h1-2,5-6H,3-4,7H2,(H2,15,17)(H,16,18). The van der Waals surface area contributed by atoms with Crippen LogP contribution in [0.3, 0.4) is 0 Å². The maximum absolute atomic E-state index is 11.8. The van der Waals surface area contributed by atoms with Gasteiger partial charge >= 0.3 is 0 Å². The molecule has 0 saturated carbocycles. The van der Waals surface area contributed by atoms with Crippen molar-refractivity contribution in [2.24, 2.45) is 5.73 Å². The number of carbonyl (C=O) groups excluding carboxylic acids is 2. The average molecular weight is 281 g/mol. The highest BCUT2D eigenvalue weighted by Crippen LogP contribution is 2.28. The number of ether oxygens (including phenoxy) is 1. The van der Waals surface area contributed by atoms with Crippen LogP contribution in [-0.2, 0) is 9.59 Å². The number of halogens is 1. The van der Waals surface area contributed by atoms with Gasteiger partial charge in [-0.1, -0.05) is 11.6 Å². The van der Waals surface area contributed by atoms with E-state index in [1.807, 2.05) is 0 Å². The second-order valence-corrected chi connectivity index (χ2v) is 4.55. The van der Waals surface area contributed by atoms with E-state index in [9.17, 15) is 9.59 Å². The van der Waals surface area contributed by atoms with Crippen molar-refractivity contribution in [1.29, 1.82) is 0 Å². The molecule has 19 heavy (non-hydrogen) atoms. The molecule has 0 bridgehead atoms. The molecule has 5 nitrogen and oxygen atoms in total. The lowest BCUT2D eigenvalue weighted by atomic mass is 10.1. The molecule has 6 heteroatoms. The lowest BCUT2D eigenvalue weighted by Gasteiger charge is -2.17. The van der Waals surface area contributed by atoms with Crippen LogP contribution in [0.5, 0.6) is 5.75 Å². The predicted molar refractivity (Wildman–Crippen MR) is 71.7 cm³/mol. The number of amides is 2. The van der Waals surface area contributed by atoms with Gasteiger partial charge in [-0.15, -0.1) is 0 Å². The summed E-state index contributed by atoms with van der Waals surface area (Å²) < 4.78 is 5.46. The van der Waals surface area contributed by atoms with E-state index in [1.165, 1.54) is 0 Å². The second-order valence-electron chi connectivity index (χ2n) is 4.11. The zero-order valence-corrected chi connectivity index (χ0v) is 10.9. The lowest BCUT2D eigenvalue weighted by Crippen LogP contribution is -2.31. The molecule has 1 aliphatic rings. The van der Waals surface area contributed by atoms with Gasteiger partial charge in [0.05, 0.1) is 5.57 Å². The molecule has 0 unspecified atom stereocenters. The number of rotatable bonds is 4. The zero-order chi connectivity index (χ0) is 13.8. The molecule has 1 aliphatic heterocycles. The van der Waals surface area contributed by atoms with Crippen LogP contribution in [0.15, 0.2) is 23.8 Å². The Labute approximate surface area is 115 Å². The van der Waals surface area contributed by atoms with Crippen molar-refractivity contribution >= 4 is 29.5 Å². The largest absolute Gasteiger partial charge is 0.488 e. The van der Waals surface area contributed by atoms with Gasteiger partial charge in [0.15, 0.2) is 0 Å². The van der Waals surface area contributed by atoms with Crippen molar-refractivity contribution < 1.29 is 14.3 Å². The smallest absolute Gasteiger partial charge is 0.250 e. The topological polar surface area (TPSA) is 81.4 Å². The van der Waals surface area contributed by atoms with Crippen LogP contribution in [0.25, 0.3) is 6.08 Å². The van der Waals surface area contributed by atoms with Gasteiger partial charge in [-0.05, 0) is 24.3 Å². The van der Waals surface area contributed by atoms with Crippen molar-refractivity contribution in [2.75, 3.05) is 13.2 Å². The number of benzene rings is 1. The maximum Gasteiger partial charge on any atom is 0.250 e. The van der Waals surface area contributed by atoms with Crippen molar-refractivity contribution in [3.05, 3.63) is 34.4 Å². The van der Waals surface area contributed by atoms with Crippen LogP contribution in [-0.4, -0.2) is 25.0 Å². The minimum atomic E-state index is -0.452. The highest BCUT2D eigenvalue weighted by atomic mass is 35.5. The molecule has 0 aromatic heterocycles. The number of fused-ring (bicyclic) bond motifs is 1. The quantitative estimate of drug-likeness (QED) is 0.867. The van der Waals surface area contributed by atoms with E-state index in [4.69, 9.17) is 22.1 Å². The van der Waals surface area contributed by atoms with E-state index in [0.29, 0.717) is 16.3 Å². The minimum Gasteiger partial charge on any atom is -0.488 e. The summed E-state index contributed by atoms with van der Waals surface area (Å²) in [5.41, 5.74) is 6.24. The molecular formula is C13H13ClN2O3. The molecule has 0 fully saturated rings. The van der Waals surface area contributed by atoms with Crippen LogP contribution in [0.1, 0.15) is 12.0 Å². The first-order valence-electron chi connectivity index (χ1n) is 5.75. The first kappa shape index (κ1) is 13.4. The van der Waals surface area contributed by atoms with Gasteiger partial charge in [0, 0.05) is 23.6 Å². The molecule has 2 rings (SSSR count). The summed E-state index contributed by atoms with van der Waals surface area (Å²) >= 11 is 5.89. The summed E-state index contributed by atoms with van der Waals surface area (Å²) in [5, 5.41) is 3.19. The number of carbonyl (C=O) groups is 2. The molecule has 3 N–H and O–H groups in total. The SMILES string of the molecule is NC(=O)CCNC(=O)C1=Cc2cc(Cl)ccc2OC1. The fraction of sp³-hybridized carbons (Fsp3) is 0.231. The summed E-state index contributed by atoms with van der Waals surface area (Å²) in [7, 11) is 0. The van der Waals surface area contributed by atoms with Gasteiger partial charge in [-0.2, -0.15) is 0 Å². The second kappa shape index (κ2) is 5.75. The first-order valence-corrected chi connectivity index (χ1v) is 6.13. The Morgan fingerprint density at radius 1 is 1.42 bits per heavy atom. The molecule has 2 amide bonds. The molecule has 0 aliphatic carbocycles. The number of hydrogen-bond donors (Lipinski definition) is 2. The van der Waals surface area contributed by atoms with Crippen LogP contribution >= 0.6 is 11.6 Å². The van der Waals surface area contributed by atoms with E-state index in [0.717, 1.165) is 5.56 Å². The van der Waals surface area contributed by atoms with E-state index < -0.39 is 5.91 Å². The molecular weight excluding hydrogens is 268 g/mol. The van der Waals surface area contributed by atoms with Gasteiger partial charge in [-0.3, -0.25) is 9.59 Å². The number of hydrogen-bond acceptors (Lipinski definition) is 3. The monoisotopic (exact) mass is 280 g/mol. The Bertz CT molecular complexity index is 555. The molecule has 0 spiro atoms. The van der Waals surface area contributed by atoms with Crippen molar-refractivity contribution in [3.63, 3.8) is 0 Å². The Kier molecular flexibility index (Phi) is 4.06. The van der Waals surface area contributed by atoms with E-state index >= 15 is 0 Å². The fourth-order valence-electron chi connectivity index (χ4n) is 1.69. The summed E-state index contributed by atoms with van der Waals surface area (Å²) in [5.74, 6) is -0.0312. The number of nitrogens with one attached hydrogen (secondary N) is 1. The number of nitrogens with two attached hydrogens (primary N) is 1.